The monoisotopic (exact) mass is 829 g/mol. The Morgan fingerprint density at radius 3 is 1.75 bits per heavy atom. The first kappa shape index (κ1) is 46.0. The Morgan fingerprint density at radius 1 is 0.679 bits per heavy atom. The molecule has 0 radical (unpaired) electrons. The highest BCUT2D eigenvalue weighted by Gasteiger charge is 2.67. The van der Waals surface area contributed by atoms with Gasteiger partial charge < -0.3 is 26.9 Å². The van der Waals surface area contributed by atoms with Crippen molar-refractivity contribution in [3.05, 3.63) is 0 Å². The molecule has 0 aliphatic heterocycles. The van der Waals surface area contributed by atoms with E-state index < -0.39 is 47.7 Å². The van der Waals surface area contributed by atoms with Gasteiger partial charge in [-0.25, -0.2) is 4.79 Å². The Labute approximate surface area is 332 Å². The van der Waals surface area contributed by atoms with E-state index in [0.29, 0.717) is 47.7 Å². The fourth-order valence-corrected chi connectivity index (χ4v) is 17.6. The van der Waals surface area contributed by atoms with E-state index >= 15 is 0 Å². The zero-order chi connectivity index (χ0) is 40.3. The number of esters is 1. The van der Waals surface area contributed by atoms with Gasteiger partial charge in [-0.05, 0) is 196 Å². The molecule has 13 atom stereocenters. The Kier molecular flexibility index (Phi) is 14.1. The molecule has 0 aromatic heterocycles. The van der Waals surface area contributed by atoms with E-state index in [-0.39, 0.29) is 29.0 Å². The van der Waals surface area contributed by atoms with E-state index in [1.54, 1.807) is 0 Å². The lowest BCUT2D eigenvalue weighted by molar-refractivity contribution is -0.200. The molecular formula is C41H84O7Si5. The third-order valence-electron chi connectivity index (χ3n) is 13.3. The zero-order valence-electron chi connectivity index (χ0n) is 37.9. The fraction of sp³-hybridized carbons (Fsp3) is 0.976. The third-order valence-corrected chi connectivity index (χ3v) is 18.3. The average molecular weight is 830 g/mol. The van der Waals surface area contributed by atoms with E-state index in [1.165, 1.54) is 45.6 Å². The molecule has 4 aliphatic carbocycles. The van der Waals surface area contributed by atoms with Gasteiger partial charge in [0.1, 0.15) is 0 Å². The summed E-state index contributed by atoms with van der Waals surface area (Å²) in [6.07, 6.45) is 8.92. The van der Waals surface area contributed by atoms with Crippen LogP contribution in [0.15, 0.2) is 0 Å². The van der Waals surface area contributed by atoms with Crippen molar-refractivity contribution in [2.45, 2.75) is 201 Å². The van der Waals surface area contributed by atoms with Gasteiger partial charge >= 0.3 is 5.97 Å². The van der Waals surface area contributed by atoms with Crippen molar-refractivity contribution >= 4 is 47.6 Å². The van der Waals surface area contributed by atoms with Crippen LogP contribution in [0, 0.1) is 46.3 Å². The molecule has 5 unspecified atom stereocenters. The first-order valence-electron chi connectivity index (χ1n) is 21.3. The summed E-state index contributed by atoms with van der Waals surface area (Å²) < 4.78 is 40.7. The topological polar surface area (TPSA) is 72.5 Å². The Morgan fingerprint density at radius 2 is 1.25 bits per heavy atom. The second kappa shape index (κ2) is 16.2. The van der Waals surface area contributed by atoms with Gasteiger partial charge in [-0.3, -0.25) is 0 Å². The van der Waals surface area contributed by atoms with Crippen LogP contribution in [-0.4, -0.2) is 85.2 Å². The van der Waals surface area contributed by atoms with Crippen molar-refractivity contribution in [2.75, 3.05) is 7.11 Å². The standard InChI is InChI=1S/C41H84O7Si5/c1-28(24-35(46-51(11,12)13)38(39(42)43-4)48-53(17,18)19)31-20-21-32-37-33(27-36(41(31,32)3)47-52(14,15)16)40(2)23-22-30(44-49(5,6)7)25-29(40)26-34(37)45-50(8,9)10/h28-38H,20-27H2,1-19H3/t28-,29+,30-,31-,32?,33?,34-,35?,36+,37?,38?,40+,41-/m1/s1. The van der Waals surface area contributed by atoms with Gasteiger partial charge in [0.15, 0.2) is 47.7 Å². The molecule has 0 aromatic carbocycles. The smallest absolute Gasteiger partial charge is 0.336 e. The van der Waals surface area contributed by atoms with Crippen LogP contribution in [0.1, 0.15) is 72.1 Å². The number of fused-ring (bicyclic) bond motifs is 5. The highest BCUT2D eigenvalue weighted by molar-refractivity contribution is 6.71. The fourth-order valence-electron chi connectivity index (χ4n) is 11.8. The van der Waals surface area contributed by atoms with Crippen LogP contribution in [0.3, 0.4) is 0 Å². The quantitative estimate of drug-likeness (QED) is 0.120. The molecule has 7 nitrogen and oxygen atoms in total. The van der Waals surface area contributed by atoms with Gasteiger partial charge in [-0.15, -0.1) is 0 Å². The van der Waals surface area contributed by atoms with Gasteiger partial charge in [0, 0.05) is 12.2 Å². The minimum absolute atomic E-state index is 0.00731. The lowest BCUT2D eigenvalue weighted by Gasteiger charge is -2.66. The van der Waals surface area contributed by atoms with Gasteiger partial charge in [-0.1, -0.05) is 20.8 Å². The second-order valence-corrected chi connectivity index (χ2v) is 45.6. The van der Waals surface area contributed by atoms with Crippen LogP contribution in [0.4, 0.5) is 0 Å². The molecule has 4 saturated carbocycles. The predicted octanol–water partition coefficient (Wildman–Crippen LogP) is 11.2. The molecular weight excluding hydrogens is 745 g/mol. The highest BCUT2D eigenvalue weighted by Crippen LogP contribution is 2.70. The number of carbonyl (C=O) groups is 1. The molecule has 0 amide bonds. The van der Waals surface area contributed by atoms with Gasteiger partial charge in [0.2, 0.25) is 0 Å². The molecule has 0 N–H and O–H groups in total. The van der Waals surface area contributed by atoms with Crippen molar-refractivity contribution in [1.82, 2.24) is 0 Å². The van der Waals surface area contributed by atoms with Crippen molar-refractivity contribution in [2.24, 2.45) is 46.3 Å². The minimum Gasteiger partial charge on any atom is -0.467 e. The van der Waals surface area contributed by atoms with Crippen molar-refractivity contribution < 1.29 is 31.7 Å². The molecule has 0 heterocycles. The Balaban J connectivity index is 1.76. The van der Waals surface area contributed by atoms with Gasteiger partial charge in [0.05, 0.1) is 19.3 Å². The summed E-state index contributed by atoms with van der Waals surface area (Å²) in [5, 5.41) is 0. The van der Waals surface area contributed by atoms with E-state index in [0.717, 1.165) is 12.8 Å². The SMILES string of the molecule is COC(=O)C(O[Si](C)(C)C)C(C[C@@H](C)[C@H]1CCC2C3C(C[C@H](O[Si](C)(C)C)[C@@]21C)[C@@]1(C)CC[C@@H](O[Si](C)(C)C)C[C@H]1C[C@H]3O[Si](C)(C)C)O[Si](C)(C)C. The number of ether oxygens (including phenoxy) is 1. The maximum atomic E-state index is 13.4. The van der Waals surface area contributed by atoms with Crippen LogP contribution in [0.25, 0.3) is 0 Å². The van der Waals surface area contributed by atoms with E-state index in [2.05, 4.69) is 119 Å². The molecule has 4 rings (SSSR count). The minimum atomic E-state index is -2.08. The summed E-state index contributed by atoms with van der Waals surface area (Å²) >= 11 is 0. The average Bonchev–Trinajstić information content (AvgIpc) is 3.31. The first-order chi connectivity index (χ1) is 23.9. The maximum Gasteiger partial charge on any atom is 0.336 e. The van der Waals surface area contributed by atoms with Gasteiger partial charge in [-0.2, -0.15) is 0 Å². The van der Waals surface area contributed by atoms with Gasteiger partial charge in [0.25, 0.3) is 0 Å². The third kappa shape index (κ3) is 11.3. The summed E-state index contributed by atoms with van der Waals surface area (Å²) in [7, 11) is -7.99. The predicted molar refractivity (Wildman–Crippen MR) is 233 cm³/mol. The van der Waals surface area contributed by atoms with Crippen molar-refractivity contribution in [3.8, 4) is 0 Å². The number of hydrogen-bond acceptors (Lipinski definition) is 7. The lowest BCUT2D eigenvalue weighted by Crippen LogP contribution is -2.65. The lowest BCUT2D eigenvalue weighted by atomic mass is 9.43. The zero-order valence-corrected chi connectivity index (χ0v) is 42.9. The molecule has 310 valence electrons. The molecule has 0 aromatic rings. The second-order valence-electron chi connectivity index (χ2n) is 23.3. The Bertz CT molecular complexity index is 1250. The largest absolute Gasteiger partial charge is 0.467 e. The van der Waals surface area contributed by atoms with E-state index in [1.807, 2.05) is 0 Å². The molecule has 4 fully saturated rings. The number of carbonyl (C=O) groups excluding carboxylic acids is 1. The molecule has 4 aliphatic rings. The van der Waals surface area contributed by atoms with Crippen LogP contribution in [0.2, 0.25) is 98.2 Å². The van der Waals surface area contributed by atoms with Crippen LogP contribution >= 0.6 is 0 Å². The molecule has 0 saturated heterocycles. The Hall–Kier alpha value is 0.354. The van der Waals surface area contributed by atoms with Crippen LogP contribution < -0.4 is 0 Å². The normalized spacial score (nSPS) is 37.3. The van der Waals surface area contributed by atoms with E-state index in [4.69, 9.17) is 26.9 Å². The maximum absolute atomic E-state index is 13.4. The summed E-state index contributed by atoms with van der Waals surface area (Å²) in [6, 6.07) is 0. The number of rotatable bonds is 15. The van der Waals surface area contributed by atoms with Crippen LogP contribution in [0.5, 0.6) is 0 Å². The van der Waals surface area contributed by atoms with Crippen molar-refractivity contribution in [3.63, 3.8) is 0 Å². The molecule has 53 heavy (non-hydrogen) atoms. The number of hydrogen-bond donors (Lipinski definition) is 0. The highest BCUT2D eigenvalue weighted by atomic mass is 28.4. The molecule has 0 spiro atoms. The summed E-state index contributed by atoms with van der Waals surface area (Å²) in [4.78, 5) is 13.4. The summed E-state index contributed by atoms with van der Waals surface area (Å²) in [5.41, 5.74) is 0.279. The van der Waals surface area contributed by atoms with E-state index in [9.17, 15) is 4.79 Å². The van der Waals surface area contributed by atoms with Crippen LogP contribution in [-0.2, 0) is 31.7 Å². The summed E-state index contributed by atoms with van der Waals surface area (Å²) in [6.45, 7) is 42.2. The first-order valence-corrected chi connectivity index (χ1v) is 38.4. The van der Waals surface area contributed by atoms with Crippen molar-refractivity contribution in [1.29, 1.82) is 0 Å². The number of methoxy groups -OCH3 is 1. The molecule has 12 heteroatoms. The molecule has 0 bridgehead atoms. The summed E-state index contributed by atoms with van der Waals surface area (Å²) in [5.74, 6) is 2.75.